The van der Waals surface area contributed by atoms with E-state index >= 15 is 0 Å². The van der Waals surface area contributed by atoms with E-state index in [9.17, 15) is 9.18 Å². The molecule has 0 atom stereocenters. The number of fused-ring (bicyclic) bond motifs is 1. The maximum atomic E-state index is 13.2. The van der Waals surface area contributed by atoms with Crippen molar-refractivity contribution in [2.45, 2.75) is 44.7 Å². The van der Waals surface area contributed by atoms with Crippen molar-refractivity contribution in [2.24, 2.45) is 0 Å². The van der Waals surface area contributed by atoms with E-state index in [0.717, 1.165) is 62.9 Å². The molecule has 0 unspecified atom stereocenters. The molecule has 2 aromatic carbocycles. The minimum Gasteiger partial charge on any atom is -0.339 e. The molecule has 5 heteroatoms. The van der Waals surface area contributed by atoms with Crippen LogP contribution >= 0.6 is 0 Å². The van der Waals surface area contributed by atoms with Crippen LogP contribution in [0.1, 0.15) is 36.8 Å². The molecule has 1 aliphatic carbocycles. The van der Waals surface area contributed by atoms with E-state index in [0.29, 0.717) is 6.54 Å². The lowest BCUT2D eigenvalue weighted by molar-refractivity contribution is -0.134. The highest BCUT2D eigenvalue weighted by Crippen LogP contribution is 2.27. The molecule has 0 N–H and O–H groups in total. The highest BCUT2D eigenvalue weighted by molar-refractivity contribution is 5.78. The van der Waals surface area contributed by atoms with Gasteiger partial charge in [0.2, 0.25) is 5.91 Å². The van der Waals surface area contributed by atoms with Gasteiger partial charge in [0.05, 0.1) is 6.54 Å². The summed E-state index contributed by atoms with van der Waals surface area (Å²) < 4.78 is 13.2. The molecule has 164 valence electrons. The zero-order valence-corrected chi connectivity index (χ0v) is 18.2. The smallest absolute Gasteiger partial charge is 0.236 e. The average Bonchev–Trinajstić information content (AvgIpc) is 3.34. The fourth-order valence-electron chi connectivity index (χ4n) is 5.47. The van der Waals surface area contributed by atoms with Gasteiger partial charge in [0.1, 0.15) is 5.82 Å². The summed E-state index contributed by atoms with van der Waals surface area (Å²) in [5.74, 6) is 0.0689. The topological polar surface area (TPSA) is 26.8 Å². The molecule has 2 heterocycles. The van der Waals surface area contributed by atoms with Crippen LogP contribution in [0.5, 0.6) is 0 Å². The second kappa shape index (κ2) is 9.09. The van der Waals surface area contributed by atoms with Crippen molar-refractivity contribution in [3.63, 3.8) is 0 Å². The van der Waals surface area contributed by atoms with Crippen molar-refractivity contribution >= 4 is 5.91 Å². The highest BCUT2D eigenvalue weighted by Gasteiger charge is 2.29. The van der Waals surface area contributed by atoms with Crippen LogP contribution in [0, 0.1) is 5.82 Å². The molecule has 1 amide bonds. The van der Waals surface area contributed by atoms with Crippen molar-refractivity contribution in [1.29, 1.82) is 0 Å². The number of carbonyl (C=O) groups is 1. The molecule has 2 fully saturated rings. The Hall–Kier alpha value is -2.24. The molecule has 4 nitrogen and oxygen atoms in total. The summed E-state index contributed by atoms with van der Waals surface area (Å²) in [6, 6.07) is 13.9. The zero-order valence-electron chi connectivity index (χ0n) is 18.2. The molecular formula is C26H32FN3O. The number of hydrogen-bond acceptors (Lipinski definition) is 3. The third-order valence-electron chi connectivity index (χ3n) is 7.34. The van der Waals surface area contributed by atoms with Crippen molar-refractivity contribution in [1.82, 2.24) is 14.7 Å². The number of rotatable bonds is 4. The Bertz CT molecular complexity index is 915. The standard InChI is InChI=1S/C26H32FN3O/c27-24-9-7-20(8-10-24)21-5-6-23-18-28(12-11-22(23)17-21)19-26(31)30-15-13-29(14-16-30)25-3-1-2-4-25/h5-10,17,25H,1-4,11-16,18-19H2. The van der Waals surface area contributed by atoms with E-state index in [1.807, 2.05) is 12.1 Å². The van der Waals surface area contributed by atoms with Crippen LogP contribution in [0.4, 0.5) is 4.39 Å². The summed E-state index contributed by atoms with van der Waals surface area (Å²) in [5.41, 5.74) is 4.81. The molecule has 0 spiro atoms. The van der Waals surface area contributed by atoms with Gasteiger partial charge in [-0.3, -0.25) is 14.6 Å². The Morgan fingerprint density at radius 2 is 1.58 bits per heavy atom. The molecule has 0 radical (unpaired) electrons. The first-order valence-corrected chi connectivity index (χ1v) is 11.8. The van der Waals surface area contributed by atoms with E-state index in [4.69, 9.17) is 0 Å². The Morgan fingerprint density at radius 3 is 2.32 bits per heavy atom. The quantitative estimate of drug-likeness (QED) is 0.748. The van der Waals surface area contributed by atoms with E-state index in [2.05, 4.69) is 32.9 Å². The van der Waals surface area contributed by atoms with Gasteiger partial charge in [-0.25, -0.2) is 4.39 Å². The van der Waals surface area contributed by atoms with Crippen LogP contribution in [0.25, 0.3) is 11.1 Å². The minimum absolute atomic E-state index is 0.207. The lowest BCUT2D eigenvalue weighted by atomic mass is 9.94. The first-order valence-electron chi connectivity index (χ1n) is 11.8. The van der Waals surface area contributed by atoms with Crippen LogP contribution in [0.15, 0.2) is 42.5 Å². The van der Waals surface area contributed by atoms with Gasteiger partial charge < -0.3 is 4.90 Å². The fourth-order valence-corrected chi connectivity index (χ4v) is 5.47. The summed E-state index contributed by atoms with van der Waals surface area (Å²) in [4.78, 5) is 19.9. The van der Waals surface area contributed by atoms with Crippen LogP contribution < -0.4 is 0 Å². The van der Waals surface area contributed by atoms with Crippen molar-refractivity contribution in [3.05, 3.63) is 59.4 Å². The monoisotopic (exact) mass is 421 g/mol. The maximum absolute atomic E-state index is 13.2. The predicted molar refractivity (Wildman–Crippen MR) is 121 cm³/mol. The Labute approximate surface area is 184 Å². The first kappa shape index (κ1) is 20.7. The van der Waals surface area contributed by atoms with Crippen molar-refractivity contribution < 1.29 is 9.18 Å². The Balaban J connectivity index is 1.15. The second-order valence-electron chi connectivity index (χ2n) is 9.31. The number of piperazine rings is 1. The first-order chi connectivity index (χ1) is 15.2. The maximum Gasteiger partial charge on any atom is 0.236 e. The third-order valence-corrected chi connectivity index (χ3v) is 7.34. The molecule has 31 heavy (non-hydrogen) atoms. The molecule has 3 aliphatic rings. The summed E-state index contributed by atoms with van der Waals surface area (Å²) in [6.45, 7) is 6.07. The van der Waals surface area contributed by atoms with Gasteiger partial charge >= 0.3 is 0 Å². The van der Waals surface area contributed by atoms with Crippen molar-refractivity contribution in [2.75, 3.05) is 39.3 Å². The van der Waals surface area contributed by atoms with Gasteiger partial charge in [-0.15, -0.1) is 0 Å². The molecule has 2 aromatic rings. The lowest BCUT2D eigenvalue weighted by Gasteiger charge is -2.39. The lowest BCUT2D eigenvalue weighted by Crippen LogP contribution is -2.53. The largest absolute Gasteiger partial charge is 0.339 e. The molecule has 0 aromatic heterocycles. The van der Waals surface area contributed by atoms with Crippen LogP contribution in [-0.2, 0) is 17.8 Å². The third kappa shape index (κ3) is 4.68. The van der Waals surface area contributed by atoms with Gasteiger partial charge in [0, 0.05) is 45.3 Å². The molecule has 1 saturated carbocycles. The SMILES string of the molecule is O=C(CN1CCc2cc(-c3ccc(F)cc3)ccc2C1)N1CCN(C2CCCC2)CC1. The molecule has 5 rings (SSSR count). The molecular weight excluding hydrogens is 389 g/mol. The number of carbonyl (C=O) groups excluding carboxylic acids is 1. The molecule has 0 bridgehead atoms. The number of halogens is 1. The van der Waals surface area contributed by atoms with E-state index in [1.54, 1.807) is 0 Å². The van der Waals surface area contributed by atoms with Gasteiger partial charge in [0.25, 0.3) is 0 Å². The van der Waals surface area contributed by atoms with Gasteiger partial charge in [-0.2, -0.15) is 0 Å². The van der Waals surface area contributed by atoms with Gasteiger partial charge in [0.15, 0.2) is 0 Å². The van der Waals surface area contributed by atoms with Gasteiger partial charge in [-0.1, -0.05) is 43.2 Å². The molecule has 1 saturated heterocycles. The van der Waals surface area contributed by atoms with Crippen LogP contribution in [0.3, 0.4) is 0 Å². The summed E-state index contributed by atoms with van der Waals surface area (Å²) >= 11 is 0. The van der Waals surface area contributed by atoms with Crippen LogP contribution in [0.2, 0.25) is 0 Å². The highest BCUT2D eigenvalue weighted by atomic mass is 19.1. The van der Waals surface area contributed by atoms with Crippen molar-refractivity contribution in [3.8, 4) is 11.1 Å². The van der Waals surface area contributed by atoms with E-state index in [-0.39, 0.29) is 11.7 Å². The normalized spacial score (nSPS) is 20.7. The predicted octanol–water partition coefficient (Wildman–Crippen LogP) is 3.94. The summed E-state index contributed by atoms with van der Waals surface area (Å²) in [7, 11) is 0. The minimum atomic E-state index is -0.207. The van der Waals surface area contributed by atoms with Crippen LogP contribution in [-0.4, -0.2) is 65.9 Å². The number of amides is 1. The summed E-state index contributed by atoms with van der Waals surface area (Å²) in [5, 5.41) is 0. The molecule has 2 aliphatic heterocycles. The Morgan fingerprint density at radius 1 is 0.871 bits per heavy atom. The number of nitrogens with zero attached hydrogens (tertiary/aromatic N) is 3. The number of benzene rings is 2. The second-order valence-corrected chi connectivity index (χ2v) is 9.31. The average molecular weight is 422 g/mol. The van der Waals surface area contributed by atoms with Gasteiger partial charge in [-0.05, 0) is 53.6 Å². The number of hydrogen-bond donors (Lipinski definition) is 0. The zero-order chi connectivity index (χ0) is 21.2. The fraction of sp³-hybridized carbons (Fsp3) is 0.500. The Kier molecular flexibility index (Phi) is 6.06. The summed E-state index contributed by atoms with van der Waals surface area (Å²) in [6.07, 6.45) is 6.36. The van der Waals surface area contributed by atoms with E-state index < -0.39 is 0 Å². The van der Waals surface area contributed by atoms with E-state index in [1.165, 1.54) is 48.9 Å².